The van der Waals surface area contributed by atoms with Crippen molar-refractivity contribution in [3.8, 4) is 11.5 Å². The highest BCUT2D eigenvalue weighted by atomic mass is 32.2. The number of esters is 1. The molecule has 2 aliphatic heterocycles. The van der Waals surface area contributed by atoms with Crippen molar-refractivity contribution in [1.29, 1.82) is 0 Å². The molecule has 0 saturated carbocycles. The summed E-state index contributed by atoms with van der Waals surface area (Å²) >= 11 is 1.89. The molecular formula is C14H9NO6S2. The monoisotopic (exact) mass is 351 g/mol. The van der Waals surface area contributed by atoms with E-state index >= 15 is 0 Å². The van der Waals surface area contributed by atoms with Gasteiger partial charge in [-0.25, -0.2) is 0 Å². The van der Waals surface area contributed by atoms with Gasteiger partial charge in [-0.05, 0) is 18.2 Å². The molecule has 0 spiro atoms. The van der Waals surface area contributed by atoms with Crippen molar-refractivity contribution < 1.29 is 24.5 Å². The molecule has 3 atom stereocenters. The highest BCUT2D eigenvalue weighted by molar-refractivity contribution is 8.00. The topological polar surface area (TPSA) is 117 Å². The van der Waals surface area contributed by atoms with Gasteiger partial charge in [-0.2, -0.15) is 0 Å². The number of hydrogen-bond donors (Lipinski definition) is 3. The number of hydrogen-bond acceptors (Lipinski definition) is 7. The fourth-order valence-electron chi connectivity index (χ4n) is 3.00. The molecule has 0 unspecified atom stereocenters. The summed E-state index contributed by atoms with van der Waals surface area (Å²) in [5.74, 6) is -3.11. The van der Waals surface area contributed by atoms with Crippen molar-refractivity contribution in [2.24, 2.45) is 5.92 Å². The first kappa shape index (κ1) is 14.3. The minimum absolute atomic E-state index is 0.0185. The highest BCUT2D eigenvalue weighted by Gasteiger charge is 2.51. The largest absolute Gasteiger partial charge is 0.508 e. The number of aromatic nitrogens is 1. The number of carbonyl (C=O) groups is 2. The summed E-state index contributed by atoms with van der Waals surface area (Å²) in [6.07, 6.45) is 0. The number of aliphatic carboxylic acids is 1. The van der Waals surface area contributed by atoms with Crippen LogP contribution in [-0.2, 0) is 9.59 Å². The zero-order valence-electron chi connectivity index (χ0n) is 11.3. The van der Waals surface area contributed by atoms with Crippen LogP contribution >= 0.6 is 23.1 Å². The predicted octanol–water partition coefficient (Wildman–Crippen LogP) is 1.37. The van der Waals surface area contributed by atoms with Gasteiger partial charge >= 0.3 is 16.8 Å². The molecule has 1 aromatic carbocycles. The van der Waals surface area contributed by atoms with Crippen LogP contribution in [0.15, 0.2) is 28.0 Å². The quantitative estimate of drug-likeness (QED) is 0.525. The van der Waals surface area contributed by atoms with Crippen LogP contribution in [0.25, 0.3) is 0 Å². The lowest BCUT2D eigenvalue weighted by Crippen LogP contribution is -2.44. The van der Waals surface area contributed by atoms with Gasteiger partial charge in [0.05, 0.1) is 10.9 Å². The van der Waals surface area contributed by atoms with Crippen molar-refractivity contribution in [1.82, 2.24) is 4.98 Å². The van der Waals surface area contributed by atoms with Crippen molar-refractivity contribution in [2.45, 2.75) is 16.2 Å². The summed E-state index contributed by atoms with van der Waals surface area (Å²) in [6.45, 7) is 0. The van der Waals surface area contributed by atoms with Gasteiger partial charge in [0.2, 0.25) is 0 Å². The second kappa shape index (κ2) is 4.87. The van der Waals surface area contributed by atoms with Crippen LogP contribution in [-0.4, -0.2) is 32.4 Å². The molecule has 0 saturated heterocycles. The Balaban J connectivity index is 2.00. The number of aromatic amines is 1. The average molecular weight is 351 g/mol. The number of fused-ring (bicyclic) bond motifs is 5. The van der Waals surface area contributed by atoms with E-state index in [0.29, 0.717) is 15.5 Å². The van der Waals surface area contributed by atoms with Crippen LogP contribution in [0.3, 0.4) is 0 Å². The summed E-state index contributed by atoms with van der Waals surface area (Å²) in [4.78, 5) is 38.6. The molecule has 9 heteroatoms. The van der Waals surface area contributed by atoms with Crippen LogP contribution in [0, 0.1) is 5.92 Å². The molecule has 0 fully saturated rings. The SMILES string of the molecule is O=C1Oc2ccc(O)cc2[C@H]2c3sc(=O)[nH]c3S[C@@H](C(=O)O)[C@H]12. The Morgan fingerprint density at radius 3 is 2.83 bits per heavy atom. The normalized spacial score (nSPS) is 25.0. The fraction of sp³-hybridized carbons (Fsp3) is 0.214. The molecule has 0 radical (unpaired) electrons. The number of rotatable bonds is 1. The molecule has 0 amide bonds. The number of aromatic hydroxyl groups is 1. The third kappa shape index (κ3) is 2.07. The number of thioether (sulfide) groups is 1. The number of benzene rings is 1. The summed E-state index contributed by atoms with van der Waals surface area (Å²) in [5.41, 5.74) is 0.512. The lowest BCUT2D eigenvalue weighted by Gasteiger charge is -2.37. The molecule has 0 bridgehead atoms. The number of thiazole rings is 1. The van der Waals surface area contributed by atoms with E-state index in [1.807, 2.05) is 0 Å². The molecule has 1 aromatic heterocycles. The second-order valence-corrected chi connectivity index (χ2v) is 7.40. The lowest BCUT2D eigenvalue weighted by atomic mass is 9.80. The van der Waals surface area contributed by atoms with Gasteiger partial charge in [-0.1, -0.05) is 23.1 Å². The molecule has 2 aliphatic rings. The number of carboxylic acids is 1. The number of phenols is 1. The Kier molecular flexibility index (Phi) is 3.03. The van der Waals surface area contributed by atoms with Gasteiger partial charge < -0.3 is 19.9 Å². The zero-order chi connectivity index (χ0) is 16.3. The second-order valence-electron chi connectivity index (χ2n) is 5.23. The molecule has 2 aromatic rings. The fourth-order valence-corrected chi connectivity index (χ4v) is 5.40. The van der Waals surface area contributed by atoms with Crippen molar-refractivity contribution in [3.63, 3.8) is 0 Å². The maximum absolute atomic E-state index is 12.4. The van der Waals surface area contributed by atoms with E-state index in [-0.39, 0.29) is 16.4 Å². The summed E-state index contributed by atoms with van der Waals surface area (Å²) in [7, 11) is 0. The van der Waals surface area contributed by atoms with Gasteiger partial charge in [0, 0.05) is 16.4 Å². The van der Waals surface area contributed by atoms with E-state index < -0.39 is 29.0 Å². The predicted molar refractivity (Wildman–Crippen MR) is 81.3 cm³/mol. The number of phenolic OH excluding ortho intramolecular Hbond substituents is 1. The first-order valence-electron chi connectivity index (χ1n) is 6.63. The van der Waals surface area contributed by atoms with Crippen LogP contribution in [0.1, 0.15) is 16.4 Å². The minimum Gasteiger partial charge on any atom is -0.508 e. The summed E-state index contributed by atoms with van der Waals surface area (Å²) < 4.78 is 5.25. The molecule has 3 N–H and O–H groups in total. The van der Waals surface area contributed by atoms with Crippen molar-refractivity contribution >= 4 is 35.0 Å². The molecule has 0 aliphatic carbocycles. The Labute approximate surface area is 136 Å². The molecule has 3 heterocycles. The minimum atomic E-state index is -1.15. The Morgan fingerprint density at radius 1 is 1.30 bits per heavy atom. The van der Waals surface area contributed by atoms with Gasteiger partial charge in [-0.3, -0.25) is 14.4 Å². The van der Waals surface area contributed by atoms with Crippen LogP contribution in [0.2, 0.25) is 0 Å². The molecule has 118 valence electrons. The highest BCUT2D eigenvalue weighted by Crippen LogP contribution is 2.53. The van der Waals surface area contributed by atoms with Gasteiger partial charge in [0.25, 0.3) is 0 Å². The van der Waals surface area contributed by atoms with E-state index in [1.165, 1.54) is 18.2 Å². The smallest absolute Gasteiger partial charge is 0.317 e. The number of H-pyrrole nitrogens is 1. The third-order valence-electron chi connectivity index (χ3n) is 3.91. The van der Waals surface area contributed by atoms with E-state index in [4.69, 9.17) is 4.74 Å². The van der Waals surface area contributed by atoms with Gasteiger partial charge in [0.1, 0.15) is 16.7 Å². The van der Waals surface area contributed by atoms with Crippen molar-refractivity contribution in [2.75, 3.05) is 0 Å². The molecule has 4 rings (SSSR count). The Hall–Kier alpha value is -2.26. The number of carboxylic acid groups (broad SMARTS) is 1. The maximum atomic E-state index is 12.4. The maximum Gasteiger partial charge on any atom is 0.317 e. The first-order valence-corrected chi connectivity index (χ1v) is 8.32. The molecule has 23 heavy (non-hydrogen) atoms. The number of nitrogens with one attached hydrogen (secondary N) is 1. The lowest BCUT2D eigenvalue weighted by molar-refractivity contribution is -0.147. The van der Waals surface area contributed by atoms with Crippen LogP contribution < -0.4 is 9.61 Å². The summed E-state index contributed by atoms with van der Waals surface area (Å²) in [5, 5.41) is 18.6. The van der Waals surface area contributed by atoms with Crippen molar-refractivity contribution in [3.05, 3.63) is 38.3 Å². The standard InChI is InChI=1S/C14H9NO6S2/c16-4-1-2-6-5(3-4)7-8(13(19)21-6)10(12(17)18)22-11-9(7)23-14(20)15-11/h1-3,7-8,10,16H,(H,15,20)(H,17,18)/t7-,8-,10-/m1/s1. The van der Waals surface area contributed by atoms with E-state index in [1.54, 1.807) is 0 Å². The molecule has 7 nitrogen and oxygen atoms in total. The van der Waals surface area contributed by atoms with E-state index in [2.05, 4.69) is 4.98 Å². The number of carbonyl (C=O) groups excluding carboxylic acids is 1. The number of ether oxygens (including phenoxy) is 1. The van der Waals surface area contributed by atoms with Crippen LogP contribution in [0.4, 0.5) is 0 Å². The van der Waals surface area contributed by atoms with Gasteiger partial charge in [-0.15, -0.1) is 0 Å². The first-order chi connectivity index (χ1) is 11.0. The third-order valence-corrected chi connectivity index (χ3v) is 6.31. The van der Waals surface area contributed by atoms with Gasteiger partial charge in [0.15, 0.2) is 0 Å². The summed E-state index contributed by atoms with van der Waals surface area (Å²) in [6, 6.07) is 4.30. The van der Waals surface area contributed by atoms with E-state index in [0.717, 1.165) is 23.1 Å². The van der Waals surface area contributed by atoms with Crippen LogP contribution in [0.5, 0.6) is 11.5 Å². The molecular weight excluding hydrogens is 342 g/mol. The van der Waals surface area contributed by atoms with E-state index in [9.17, 15) is 24.6 Å². The zero-order valence-corrected chi connectivity index (χ0v) is 12.9. The Morgan fingerprint density at radius 2 is 2.09 bits per heavy atom. The Bertz CT molecular complexity index is 901. The average Bonchev–Trinajstić information content (AvgIpc) is 2.86.